The van der Waals surface area contributed by atoms with Crippen molar-refractivity contribution in [2.75, 3.05) is 38.2 Å². The SMILES string of the molecule is CN(C)CCNc1nc2cc(N)ccc2c2sccc12. The number of benzene rings is 1. The highest BCUT2D eigenvalue weighted by atomic mass is 32.1. The van der Waals surface area contributed by atoms with E-state index in [0.717, 1.165) is 30.1 Å². The molecule has 3 rings (SSSR count). The zero-order valence-corrected chi connectivity index (χ0v) is 12.5. The fourth-order valence-electron chi connectivity index (χ4n) is 2.25. The fraction of sp³-hybridized carbons (Fsp3) is 0.267. The van der Waals surface area contributed by atoms with E-state index in [9.17, 15) is 0 Å². The molecule has 0 aliphatic heterocycles. The molecule has 0 atom stereocenters. The number of anilines is 2. The Labute approximate surface area is 122 Å². The molecule has 0 aliphatic carbocycles. The molecule has 4 nitrogen and oxygen atoms in total. The first-order valence-corrected chi connectivity index (χ1v) is 7.48. The minimum atomic E-state index is 0.750. The van der Waals surface area contributed by atoms with Gasteiger partial charge in [0.1, 0.15) is 5.82 Å². The minimum Gasteiger partial charge on any atom is -0.399 e. The van der Waals surface area contributed by atoms with Gasteiger partial charge in [-0.05, 0) is 43.7 Å². The summed E-state index contributed by atoms with van der Waals surface area (Å²) in [6.07, 6.45) is 0. The third kappa shape index (κ3) is 2.42. The van der Waals surface area contributed by atoms with Crippen LogP contribution in [-0.2, 0) is 0 Å². The monoisotopic (exact) mass is 286 g/mol. The average Bonchev–Trinajstić information content (AvgIpc) is 2.87. The number of nitrogens with zero attached hydrogens (tertiary/aromatic N) is 2. The van der Waals surface area contributed by atoms with Crippen molar-refractivity contribution in [1.82, 2.24) is 9.88 Å². The average molecular weight is 286 g/mol. The fourth-order valence-corrected chi connectivity index (χ4v) is 3.18. The predicted octanol–water partition coefficient (Wildman–Crippen LogP) is 3.01. The van der Waals surface area contributed by atoms with Gasteiger partial charge < -0.3 is 16.0 Å². The number of hydrogen-bond acceptors (Lipinski definition) is 5. The molecule has 0 unspecified atom stereocenters. The van der Waals surface area contributed by atoms with Gasteiger partial charge in [-0.3, -0.25) is 0 Å². The molecular weight excluding hydrogens is 268 g/mol. The largest absolute Gasteiger partial charge is 0.399 e. The van der Waals surface area contributed by atoms with Gasteiger partial charge in [-0.1, -0.05) is 0 Å². The van der Waals surface area contributed by atoms with Crippen molar-refractivity contribution in [1.29, 1.82) is 0 Å². The maximum Gasteiger partial charge on any atom is 0.135 e. The van der Waals surface area contributed by atoms with Crippen LogP contribution in [0.2, 0.25) is 0 Å². The van der Waals surface area contributed by atoms with E-state index in [2.05, 4.69) is 41.8 Å². The highest BCUT2D eigenvalue weighted by Crippen LogP contribution is 2.33. The molecule has 0 bridgehead atoms. The number of nitrogens with two attached hydrogens (primary N) is 1. The van der Waals surface area contributed by atoms with Gasteiger partial charge in [0.15, 0.2) is 0 Å². The molecular formula is C15H18N4S. The van der Waals surface area contributed by atoms with Crippen molar-refractivity contribution < 1.29 is 0 Å². The Morgan fingerprint density at radius 3 is 2.90 bits per heavy atom. The number of pyridine rings is 1. The third-order valence-electron chi connectivity index (χ3n) is 3.27. The van der Waals surface area contributed by atoms with Crippen LogP contribution < -0.4 is 11.1 Å². The Morgan fingerprint density at radius 1 is 1.25 bits per heavy atom. The summed E-state index contributed by atoms with van der Waals surface area (Å²) < 4.78 is 1.27. The van der Waals surface area contributed by atoms with E-state index in [1.807, 2.05) is 12.1 Å². The number of likely N-dealkylation sites (N-methyl/N-ethyl adjacent to an activating group) is 1. The summed E-state index contributed by atoms with van der Waals surface area (Å²) in [5.74, 6) is 0.946. The Bertz CT molecular complexity index is 748. The molecule has 0 spiro atoms. The highest BCUT2D eigenvalue weighted by Gasteiger charge is 2.09. The van der Waals surface area contributed by atoms with Gasteiger partial charge in [-0.2, -0.15) is 0 Å². The quantitative estimate of drug-likeness (QED) is 0.724. The molecule has 0 fully saturated rings. The summed E-state index contributed by atoms with van der Waals surface area (Å²) in [7, 11) is 4.13. The number of thiophene rings is 1. The van der Waals surface area contributed by atoms with Crippen LogP contribution in [0.4, 0.5) is 11.5 Å². The summed E-state index contributed by atoms with van der Waals surface area (Å²) in [6, 6.07) is 8.05. The van der Waals surface area contributed by atoms with Gasteiger partial charge in [0.25, 0.3) is 0 Å². The predicted molar refractivity (Wildman–Crippen MR) is 88.6 cm³/mol. The summed E-state index contributed by atoms with van der Waals surface area (Å²) in [5.41, 5.74) is 7.57. The lowest BCUT2D eigenvalue weighted by molar-refractivity contribution is 0.425. The van der Waals surface area contributed by atoms with E-state index in [-0.39, 0.29) is 0 Å². The Kier molecular flexibility index (Phi) is 3.46. The molecule has 0 amide bonds. The molecule has 104 valence electrons. The maximum absolute atomic E-state index is 5.87. The van der Waals surface area contributed by atoms with Crippen molar-refractivity contribution >= 4 is 43.8 Å². The minimum absolute atomic E-state index is 0.750. The first-order valence-electron chi connectivity index (χ1n) is 6.60. The normalized spacial score (nSPS) is 11.6. The number of rotatable bonds is 4. The van der Waals surface area contributed by atoms with Crippen molar-refractivity contribution in [3.05, 3.63) is 29.6 Å². The van der Waals surface area contributed by atoms with E-state index in [1.54, 1.807) is 11.3 Å². The van der Waals surface area contributed by atoms with Crippen LogP contribution in [0.15, 0.2) is 29.6 Å². The molecule has 20 heavy (non-hydrogen) atoms. The van der Waals surface area contributed by atoms with Gasteiger partial charge in [0.05, 0.1) is 5.52 Å². The number of fused-ring (bicyclic) bond motifs is 3. The van der Waals surface area contributed by atoms with Crippen molar-refractivity contribution in [3.63, 3.8) is 0 Å². The second-order valence-electron chi connectivity index (χ2n) is 5.13. The van der Waals surface area contributed by atoms with Crippen LogP contribution in [0.3, 0.4) is 0 Å². The zero-order chi connectivity index (χ0) is 14.1. The second-order valence-corrected chi connectivity index (χ2v) is 6.05. The van der Waals surface area contributed by atoms with Crippen LogP contribution in [0.25, 0.3) is 21.0 Å². The van der Waals surface area contributed by atoms with Gasteiger partial charge in [-0.15, -0.1) is 11.3 Å². The van der Waals surface area contributed by atoms with Crippen LogP contribution in [-0.4, -0.2) is 37.1 Å². The lowest BCUT2D eigenvalue weighted by Gasteiger charge is -2.12. The second kappa shape index (κ2) is 5.26. The molecule has 3 aromatic rings. The molecule has 1 aromatic carbocycles. The standard InChI is InChI=1S/C15H18N4S/c1-19(2)7-6-17-15-12-5-8-20-14(12)11-4-3-10(16)9-13(11)18-15/h3-5,8-9H,6-7,16H2,1-2H3,(H,17,18). The summed E-state index contributed by atoms with van der Waals surface area (Å²) in [4.78, 5) is 6.88. The molecule has 0 radical (unpaired) electrons. The first kappa shape index (κ1) is 13.1. The Hall–Kier alpha value is -1.85. The first-order chi connectivity index (χ1) is 9.65. The smallest absolute Gasteiger partial charge is 0.135 e. The molecule has 0 saturated carbocycles. The van der Waals surface area contributed by atoms with E-state index in [4.69, 9.17) is 10.7 Å². The van der Waals surface area contributed by atoms with Crippen LogP contribution in [0, 0.1) is 0 Å². The van der Waals surface area contributed by atoms with Gasteiger partial charge in [-0.25, -0.2) is 4.98 Å². The van der Waals surface area contributed by atoms with Gasteiger partial charge in [0.2, 0.25) is 0 Å². The third-order valence-corrected chi connectivity index (χ3v) is 4.22. The van der Waals surface area contributed by atoms with E-state index in [0.29, 0.717) is 0 Å². The van der Waals surface area contributed by atoms with E-state index >= 15 is 0 Å². The van der Waals surface area contributed by atoms with Crippen LogP contribution >= 0.6 is 11.3 Å². The lowest BCUT2D eigenvalue weighted by atomic mass is 10.1. The van der Waals surface area contributed by atoms with Crippen LogP contribution in [0.5, 0.6) is 0 Å². The number of hydrogen-bond donors (Lipinski definition) is 2. The van der Waals surface area contributed by atoms with Crippen molar-refractivity contribution in [3.8, 4) is 0 Å². The molecule has 0 aliphatic rings. The molecule has 5 heteroatoms. The lowest BCUT2D eigenvalue weighted by Crippen LogP contribution is -2.21. The summed E-state index contributed by atoms with van der Waals surface area (Å²) in [6.45, 7) is 1.85. The number of nitrogen functional groups attached to an aromatic ring is 1. The van der Waals surface area contributed by atoms with Crippen molar-refractivity contribution in [2.45, 2.75) is 0 Å². The van der Waals surface area contributed by atoms with Crippen LogP contribution in [0.1, 0.15) is 0 Å². The molecule has 2 heterocycles. The maximum atomic E-state index is 5.87. The van der Waals surface area contributed by atoms with E-state index in [1.165, 1.54) is 15.5 Å². The van der Waals surface area contributed by atoms with E-state index < -0.39 is 0 Å². The Balaban J connectivity index is 2.07. The highest BCUT2D eigenvalue weighted by molar-refractivity contribution is 7.18. The zero-order valence-electron chi connectivity index (χ0n) is 11.7. The number of aromatic nitrogens is 1. The summed E-state index contributed by atoms with van der Waals surface area (Å²) in [5, 5.41) is 7.90. The molecule has 3 N–H and O–H groups in total. The number of nitrogens with one attached hydrogen (secondary N) is 1. The van der Waals surface area contributed by atoms with Gasteiger partial charge >= 0.3 is 0 Å². The molecule has 0 saturated heterocycles. The molecule has 2 aromatic heterocycles. The summed E-state index contributed by atoms with van der Waals surface area (Å²) >= 11 is 1.75. The van der Waals surface area contributed by atoms with Gasteiger partial charge in [0, 0.05) is 34.2 Å². The topological polar surface area (TPSA) is 54.2 Å². The van der Waals surface area contributed by atoms with Crippen molar-refractivity contribution in [2.24, 2.45) is 0 Å². The Morgan fingerprint density at radius 2 is 2.10 bits per heavy atom.